The highest BCUT2D eigenvalue weighted by atomic mass is 16.5. The number of ether oxygens (including phenoxy) is 3. The lowest BCUT2D eigenvalue weighted by Crippen LogP contribution is -2.41. The summed E-state index contributed by atoms with van der Waals surface area (Å²) in [6.07, 6.45) is 1.98. The van der Waals surface area contributed by atoms with Crippen LogP contribution in [0.1, 0.15) is 40.4 Å². The van der Waals surface area contributed by atoms with E-state index in [4.69, 9.17) is 14.2 Å². The normalized spacial score (nSPS) is 20.2. The zero-order chi connectivity index (χ0) is 21.1. The van der Waals surface area contributed by atoms with E-state index in [2.05, 4.69) is 5.32 Å². The molecule has 0 spiro atoms. The molecule has 30 heavy (non-hydrogen) atoms. The van der Waals surface area contributed by atoms with Crippen LogP contribution in [0, 0.1) is 0 Å². The number of carbonyl (C=O) groups is 2. The number of nitrogens with zero attached hydrogens (tertiary/aromatic N) is 1. The van der Waals surface area contributed by atoms with E-state index < -0.39 is 6.04 Å². The molecule has 0 radical (unpaired) electrons. The van der Waals surface area contributed by atoms with E-state index in [-0.39, 0.29) is 24.5 Å². The molecule has 1 saturated heterocycles. The van der Waals surface area contributed by atoms with Crippen LogP contribution >= 0.6 is 0 Å². The topological polar surface area (TPSA) is 77.1 Å². The molecule has 2 amide bonds. The molecule has 2 aromatic rings. The fourth-order valence-electron chi connectivity index (χ4n) is 4.10. The molecule has 0 aliphatic carbocycles. The number of amides is 2. The van der Waals surface area contributed by atoms with E-state index in [1.165, 1.54) is 0 Å². The molecule has 2 aliphatic rings. The van der Waals surface area contributed by atoms with Gasteiger partial charge in [0.1, 0.15) is 17.5 Å². The van der Waals surface area contributed by atoms with Crippen LogP contribution in [-0.4, -0.2) is 50.2 Å². The quantitative estimate of drug-likeness (QED) is 0.760. The summed E-state index contributed by atoms with van der Waals surface area (Å²) in [5.74, 6) is 0.908. The molecule has 2 heterocycles. The van der Waals surface area contributed by atoms with Gasteiger partial charge < -0.3 is 24.4 Å². The fourth-order valence-corrected chi connectivity index (χ4v) is 4.10. The largest absolute Gasteiger partial charge is 0.497 e. The van der Waals surface area contributed by atoms with Crippen molar-refractivity contribution in [1.82, 2.24) is 10.2 Å². The molecule has 2 aliphatic heterocycles. The first kappa shape index (κ1) is 20.2. The first-order chi connectivity index (χ1) is 14.6. The molecule has 0 unspecified atom stereocenters. The Kier molecular flexibility index (Phi) is 5.90. The van der Waals surface area contributed by atoms with Crippen LogP contribution in [0.15, 0.2) is 42.5 Å². The number of rotatable bonds is 7. The maximum absolute atomic E-state index is 13.2. The number of carbonyl (C=O) groups excluding carboxylic acids is 2. The third kappa shape index (κ3) is 3.85. The highest BCUT2D eigenvalue weighted by molar-refractivity contribution is 6.04. The Balaban J connectivity index is 1.60. The van der Waals surface area contributed by atoms with Crippen molar-refractivity contribution in [3.63, 3.8) is 0 Å². The molecule has 1 fully saturated rings. The zero-order valence-corrected chi connectivity index (χ0v) is 17.2. The van der Waals surface area contributed by atoms with E-state index in [1.54, 1.807) is 31.3 Å². The second-order valence-corrected chi connectivity index (χ2v) is 7.48. The molecule has 0 bridgehead atoms. The molecule has 2 atom stereocenters. The number of hydrogen-bond acceptors (Lipinski definition) is 5. The van der Waals surface area contributed by atoms with Gasteiger partial charge in [0.15, 0.2) is 0 Å². The lowest BCUT2D eigenvalue weighted by molar-refractivity contribution is -0.126. The summed E-state index contributed by atoms with van der Waals surface area (Å²) in [5.41, 5.74) is 2.08. The van der Waals surface area contributed by atoms with Crippen molar-refractivity contribution in [3.8, 4) is 11.5 Å². The minimum absolute atomic E-state index is 0.0384. The average Bonchev–Trinajstić information content (AvgIpc) is 3.39. The number of hydrogen-bond donors (Lipinski definition) is 1. The standard InChI is InChI=1S/C23H26N2O5/c1-28-16-10-9-15(20(12-16)29-2)14-25-21(18-7-3-4-8-19(18)23(25)27)22(26)24-13-17-6-5-11-30-17/h3-4,7-10,12,17,21H,5-6,11,13-14H2,1-2H3,(H,24,26)/t17-,21-/m1/s1. The third-order valence-electron chi connectivity index (χ3n) is 5.67. The molecule has 4 rings (SSSR count). The maximum atomic E-state index is 13.2. The van der Waals surface area contributed by atoms with Crippen molar-refractivity contribution < 1.29 is 23.8 Å². The molecule has 2 aromatic carbocycles. The molecule has 158 valence electrons. The summed E-state index contributed by atoms with van der Waals surface area (Å²) in [4.78, 5) is 27.9. The first-order valence-electron chi connectivity index (χ1n) is 10.1. The number of nitrogens with one attached hydrogen (secondary N) is 1. The van der Waals surface area contributed by atoms with Crippen molar-refractivity contribution in [2.45, 2.75) is 31.5 Å². The van der Waals surface area contributed by atoms with Crippen LogP contribution in [0.5, 0.6) is 11.5 Å². The highest BCUT2D eigenvalue weighted by Crippen LogP contribution is 2.37. The molecule has 0 aromatic heterocycles. The average molecular weight is 410 g/mol. The lowest BCUT2D eigenvalue weighted by atomic mass is 10.0. The van der Waals surface area contributed by atoms with Crippen LogP contribution in [0.4, 0.5) is 0 Å². The van der Waals surface area contributed by atoms with Crippen LogP contribution in [0.3, 0.4) is 0 Å². The smallest absolute Gasteiger partial charge is 0.255 e. The Morgan fingerprint density at radius 1 is 1.20 bits per heavy atom. The first-order valence-corrected chi connectivity index (χ1v) is 10.1. The van der Waals surface area contributed by atoms with Gasteiger partial charge in [-0.25, -0.2) is 0 Å². The van der Waals surface area contributed by atoms with Crippen LogP contribution < -0.4 is 14.8 Å². The van der Waals surface area contributed by atoms with Gasteiger partial charge >= 0.3 is 0 Å². The van der Waals surface area contributed by atoms with Crippen molar-refractivity contribution in [2.75, 3.05) is 27.4 Å². The molecular weight excluding hydrogens is 384 g/mol. The zero-order valence-electron chi connectivity index (χ0n) is 17.2. The summed E-state index contributed by atoms with van der Waals surface area (Å²) >= 11 is 0. The molecule has 0 saturated carbocycles. The predicted octanol–water partition coefficient (Wildman–Crippen LogP) is 2.70. The van der Waals surface area contributed by atoms with Gasteiger partial charge in [0, 0.05) is 30.3 Å². The van der Waals surface area contributed by atoms with Crippen LogP contribution in [0.2, 0.25) is 0 Å². The molecule has 1 N–H and O–H groups in total. The third-order valence-corrected chi connectivity index (χ3v) is 5.67. The molecule has 7 nitrogen and oxygen atoms in total. The van der Waals surface area contributed by atoms with Gasteiger partial charge in [-0.1, -0.05) is 18.2 Å². The van der Waals surface area contributed by atoms with Crippen molar-refractivity contribution >= 4 is 11.8 Å². The van der Waals surface area contributed by atoms with E-state index in [9.17, 15) is 9.59 Å². The van der Waals surface area contributed by atoms with Crippen molar-refractivity contribution in [3.05, 3.63) is 59.2 Å². The summed E-state index contributed by atoms with van der Waals surface area (Å²) in [5, 5.41) is 2.98. The summed E-state index contributed by atoms with van der Waals surface area (Å²) in [7, 11) is 3.16. The van der Waals surface area contributed by atoms with E-state index >= 15 is 0 Å². The summed E-state index contributed by atoms with van der Waals surface area (Å²) < 4.78 is 16.4. The minimum Gasteiger partial charge on any atom is -0.497 e. The van der Waals surface area contributed by atoms with Gasteiger partial charge in [-0.05, 0) is 36.6 Å². The predicted molar refractivity (Wildman–Crippen MR) is 111 cm³/mol. The van der Waals surface area contributed by atoms with Gasteiger partial charge in [-0.3, -0.25) is 9.59 Å². The Morgan fingerprint density at radius 3 is 2.77 bits per heavy atom. The number of benzene rings is 2. The van der Waals surface area contributed by atoms with Gasteiger partial charge in [-0.2, -0.15) is 0 Å². The Labute approximate surface area is 175 Å². The number of methoxy groups -OCH3 is 2. The van der Waals surface area contributed by atoms with Gasteiger partial charge in [0.2, 0.25) is 5.91 Å². The van der Waals surface area contributed by atoms with Gasteiger partial charge in [0.05, 0.1) is 26.9 Å². The van der Waals surface area contributed by atoms with Gasteiger partial charge in [0.25, 0.3) is 5.91 Å². The summed E-state index contributed by atoms with van der Waals surface area (Å²) in [6, 6.07) is 12.0. The van der Waals surface area contributed by atoms with Crippen molar-refractivity contribution in [1.29, 1.82) is 0 Å². The Bertz CT molecular complexity index is 939. The summed E-state index contributed by atoms with van der Waals surface area (Å²) in [6.45, 7) is 1.43. The van der Waals surface area contributed by atoms with E-state index in [1.807, 2.05) is 30.3 Å². The second kappa shape index (κ2) is 8.75. The van der Waals surface area contributed by atoms with E-state index in [0.29, 0.717) is 23.6 Å². The monoisotopic (exact) mass is 410 g/mol. The van der Waals surface area contributed by atoms with Crippen molar-refractivity contribution in [2.24, 2.45) is 0 Å². The Hall–Kier alpha value is -3.06. The van der Waals surface area contributed by atoms with Crippen LogP contribution in [0.25, 0.3) is 0 Å². The fraction of sp³-hybridized carbons (Fsp3) is 0.391. The van der Waals surface area contributed by atoms with Gasteiger partial charge in [-0.15, -0.1) is 0 Å². The number of fused-ring (bicyclic) bond motifs is 1. The maximum Gasteiger partial charge on any atom is 0.255 e. The second-order valence-electron chi connectivity index (χ2n) is 7.48. The molecular formula is C23H26N2O5. The SMILES string of the molecule is COc1ccc(CN2C(=O)c3ccccc3[C@@H]2C(=O)NC[C@H]2CCCO2)c(OC)c1. The highest BCUT2D eigenvalue weighted by Gasteiger charge is 2.41. The minimum atomic E-state index is -0.693. The van der Waals surface area contributed by atoms with Crippen LogP contribution in [-0.2, 0) is 16.1 Å². The molecule has 7 heteroatoms. The lowest BCUT2D eigenvalue weighted by Gasteiger charge is -2.26. The Morgan fingerprint density at radius 2 is 2.03 bits per heavy atom. The van der Waals surface area contributed by atoms with E-state index in [0.717, 1.165) is 30.6 Å².